The van der Waals surface area contributed by atoms with Crippen molar-refractivity contribution < 1.29 is 18.5 Å². The molecule has 4 aromatic rings. The molecule has 2 amide bonds. The molecule has 0 radical (unpaired) electrons. The van der Waals surface area contributed by atoms with E-state index in [1.54, 1.807) is 24.3 Å². The molecular weight excluding hydrogens is 444 g/mol. The first kappa shape index (κ1) is 22.5. The topological polar surface area (TPSA) is 93.6 Å². The van der Waals surface area contributed by atoms with Gasteiger partial charge in [0.1, 0.15) is 11.5 Å². The molecule has 8 heteroatoms. The molecule has 1 atom stereocenters. The van der Waals surface area contributed by atoms with Gasteiger partial charge in [0.25, 0.3) is 5.89 Å². The van der Waals surface area contributed by atoms with E-state index in [0.29, 0.717) is 17.5 Å². The largest absolute Gasteiger partial charge is 0.497 e. The fraction of sp³-hybridized carbons (Fsp3) is 0.222. The minimum atomic E-state index is -0.439. The van der Waals surface area contributed by atoms with E-state index >= 15 is 0 Å². The highest BCUT2D eigenvalue weighted by Crippen LogP contribution is 2.38. The van der Waals surface area contributed by atoms with Crippen molar-refractivity contribution in [3.05, 3.63) is 95.4 Å². The summed E-state index contributed by atoms with van der Waals surface area (Å²) in [4.78, 5) is 19.5. The molecule has 178 valence electrons. The van der Waals surface area contributed by atoms with E-state index in [-0.39, 0.29) is 12.6 Å². The lowest BCUT2D eigenvalue weighted by atomic mass is 9.93. The quantitative estimate of drug-likeness (QED) is 0.378. The van der Waals surface area contributed by atoms with Crippen LogP contribution >= 0.6 is 0 Å². The number of furan rings is 1. The van der Waals surface area contributed by atoms with Crippen LogP contribution in [0, 0.1) is 0 Å². The highest BCUT2D eigenvalue weighted by Gasteiger charge is 2.36. The summed E-state index contributed by atoms with van der Waals surface area (Å²) in [5.74, 6) is 2.23. The number of aromatic nitrogens is 2. The third-order valence-electron chi connectivity index (χ3n) is 6.22. The van der Waals surface area contributed by atoms with Crippen molar-refractivity contribution in [1.29, 1.82) is 0 Å². The Labute approximate surface area is 203 Å². The number of aryl methyl sites for hydroxylation is 1. The molecule has 0 saturated heterocycles. The molecule has 1 aliphatic rings. The van der Waals surface area contributed by atoms with E-state index < -0.39 is 6.04 Å². The predicted molar refractivity (Wildman–Crippen MR) is 130 cm³/mol. The second-order valence-electron chi connectivity index (χ2n) is 8.29. The normalized spacial score (nSPS) is 15.9. The number of urea groups is 1. The van der Waals surface area contributed by atoms with Gasteiger partial charge in [-0.1, -0.05) is 36.3 Å². The Balaban J connectivity index is 1.57. The molecule has 8 nitrogen and oxygen atoms in total. The summed E-state index contributed by atoms with van der Waals surface area (Å²) in [7, 11) is 1.62. The molecule has 0 fully saturated rings. The molecule has 3 heterocycles. The van der Waals surface area contributed by atoms with Crippen molar-refractivity contribution in [2.75, 3.05) is 7.11 Å². The van der Waals surface area contributed by atoms with Crippen molar-refractivity contribution in [1.82, 2.24) is 20.4 Å². The van der Waals surface area contributed by atoms with Gasteiger partial charge < -0.3 is 19.0 Å². The van der Waals surface area contributed by atoms with Crippen LogP contribution in [0.5, 0.6) is 5.75 Å². The summed E-state index contributed by atoms with van der Waals surface area (Å²) in [6.45, 7) is 4.29. The number of amides is 2. The molecule has 0 aliphatic carbocycles. The van der Waals surface area contributed by atoms with E-state index in [2.05, 4.69) is 29.5 Å². The third-order valence-corrected chi connectivity index (χ3v) is 6.22. The Morgan fingerprint density at radius 3 is 2.51 bits per heavy atom. The van der Waals surface area contributed by atoms with Gasteiger partial charge in [-0.3, -0.25) is 4.90 Å². The average molecular weight is 471 g/mol. The Hall–Kier alpha value is -4.33. The zero-order valence-electron chi connectivity index (χ0n) is 19.8. The maximum absolute atomic E-state index is 13.2. The molecule has 5 rings (SSSR count). The van der Waals surface area contributed by atoms with Gasteiger partial charge in [0.15, 0.2) is 0 Å². The van der Waals surface area contributed by atoms with Gasteiger partial charge in [0.05, 0.1) is 31.5 Å². The van der Waals surface area contributed by atoms with Crippen LogP contribution in [0.4, 0.5) is 4.79 Å². The van der Waals surface area contributed by atoms with Gasteiger partial charge >= 0.3 is 6.03 Å². The van der Waals surface area contributed by atoms with Gasteiger partial charge in [-0.15, -0.1) is 0 Å². The zero-order chi connectivity index (χ0) is 24.4. The van der Waals surface area contributed by atoms with Crippen molar-refractivity contribution in [2.45, 2.75) is 32.9 Å². The number of ether oxygens (including phenoxy) is 1. The number of hydrogen-bond donors (Lipinski definition) is 1. The standard InChI is InChI=1S/C27H26N4O4/c1-4-18-7-9-19(10-8-18)24-23(17(2)31(27(32)28-24)16-22-6-5-15-34-22)26-29-25(30-35-26)20-11-13-21(33-3)14-12-20/h5-15,24H,4,16H2,1-3H3,(H,28,32). The smallest absolute Gasteiger partial charge is 0.322 e. The van der Waals surface area contributed by atoms with Crippen LogP contribution in [0.15, 0.2) is 81.6 Å². The molecule has 2 aromatic heterocycles. The van der Waals surface area contributed by atoms with Gasteiger partial charge in [0.2, 0.25) is 5.82 Å². The molecule has 35 heavy (non-hydrogen) atoms. The lowest BCUT2D eigenvalue weighted by Gasteiger charge is -2.34. The number of methoxy groups -OCH3 is 1. The van der Waals surface area contributed by atoms with Crippen molar-refractivity contribution in [3.8, 4) is 17.1 Å². The summed E-state index contributed by atoms with van der Waals surface area (Å²) >= 11 is 0. The first-order valence-electron chi connectivity index (χ1n) is 11.5. The number of nitrogens with one attached hydrogen (secondary N) is 1. The van der Waals surface area contributed by atoms with Crippen LogP contribution in [-0.4, -0.2) is 28.2 Å². The number of carbonyl (C=O) groups excluding carboxylic acids is 1. The van der Waals surface area contributed by atoms with Crippen molar-refractivity contribution in [2.24, 2.45) is 0 Å². The molecule has 0 bridgehead atoms. The van der Waals surface area contributed by atoms with Crippen LogP contribution in [-0.2, 0) is 13.0 Å². The SMILES string of the molecule is CCc1ccc(C2NC(=O)N(Cc3ccco3)C(C)=C2c2nc(-c3ccc(OC)cc3)no2)cc1. The summed E-state index contributed by atoms with van der Waals surface area (Å²) in [5.41, 5.74) is 4.42. The van der Waals surface area contributed by atoms with Gasteiger partial charge in [0, 0.05) is 11.3 Å². The van der Waals surface area contributed by atoms with E-state index in [0.717, 1.165) is 34.6 Å². The monoisotopic (exact) mass is 470 g/mol. The fourth-order valence-corrected chi connectivity index (χ4v) is 4.19. The maximum atomic E-state index is 13.2. The Kier molecular flexibility index (Phi) is 6.10. The molecule has 1 aliphatic heterocycles. The molecular formula is C27H26N4O4. The lowest BCUT2D eigenvalue weighted by Crippen LogP contribution is -2.45. The number of carbonyl (C=O) groups is 1. The molecule has 0 saturated carbocycles. The van der Waals surface area contributed by atoms with E-state index in [1.807, 2.05) is 49.4 Å². The first-order valence-corrected chi connectivity index (χ1v) is 11.5. The summed E-state index contributed by atoms with van der Waals surface area (Å²) < 4.78 is 16.5. The number of nitrogens with zero attached hydrogens (tertiary/aromatic N) is 3. The van der Waals surface area contributed by atoms with E-state index in [9.17, 15) is 4.79 Å². The summed E-state index contributed by atoms with van der Waals surface area (Å²) in [5, 5.41) is 7.33. The average Bonchev–Trinajstić information content (AvgIpc) is 3.59. The highest BCUT2D eigenvalue weighted by molar-refractivity contribution is 5.86. The first-order chi connectivity index (χ1) is 17.1. The van der Waals surface area contributed by atoms with E-state index in [4.69, 9.17) is 18.7 Å². The molecule has 0 spiro atoms. The van der Waals surface area contributed by atoms with Crippen LogP contribution in [0.25, 0.3) is 17.0 Å². The predicted octanol–water partition coefficient (Wildman–Crippen LogP) is 5.60. The zero-order valence-corrected chi connectivity index (χ0v) is 19.8. The van der Waals surface area contributed by atoms with Gasteiger partial charge in [-0.25, -0.2) is 4.79 Å². The van der Waals surface area contributed by atoms with Crippen LogP contribution in [0.1, 0.15) is 42.7 Å². The lowest BCUT2D eigenvalue weighted by molar-refractivity contribution is 0.199. The van der Waals surface area contributed by atoms with Crippen LogP contribution in [0.2, 0.25) is 0 Å². The van der Waals surface area contributed by atoms with E-state index in [1.165, 1.54) is 5.56 Å². The van der Waals surface area contributed by atoms with Crippen molar-refractivity contribution >= 4 is 11.6 Å². The molecule has 1 unspecified atom stereocenters. The maximum Gasteiger partial charge on any atom is 0.322 e. The minimum Gasteiger partial charge on any atom is -0.497 e. The number of allylic oxidation sites excluding steroid dienone is 1. The Bertz CT molecular complexity index is 1340. The fourth-order valence-electron chi connectivity index (χ4n) is 4.19. The van der Waals surface area contributed by atoms with Crippen molar-refractivity contribution in [3.63, 3.8) is 0 Å². The molecule has 1 N–H and O–H groups in total. The number of hydrogen-bond acceptors (Lipinski definition) is 6. The summed E-state index contributed by atoms with van der Waals surface area (Å²) in [6.07, 6.45) is 2.53. The Morgan fingerprint density at radius 2 is 1.86 bits per heavy atom. The second kappa shape index (κ2) is 9.50. The highest BCUT2D eigenvalue weighted by atomic mass is 16.5. The van der Waals surface area contributed by atoms with Gasteiger partial charge in [-0.2, -0.15) is 4.98 Å². The minimum absolute atomic E-state index is 0.220. The van der Waals surface area contributed by atoms with Gasteiger partial charge in [-0.05, 0) is 60.9 Å². The Morgan fingerprint density at radius 1 is 1.09 bits per heavy atom. The summed E-state index contributed by atoms with van der Waals surface area (Å²) in [6, 6.07) is 18.6. The number of benzene rings is 2. The van der Waals surface area contributed by atoms with Crippen LogP contribution < -0.4 is 10.1 Å². The third kappa shape index (κ3) is 4.42. The molecule has 2 aromatic carbocycles. The van der Waals surface area contributed by atoms with Crippen LogP contribution in [0.3, 0.4) is 0 Å². The number of rotatable bonds is 7. The second-order valence-corrected chi connectivity index (χ2v) is 8.29.